The first-order chi connectivity index (χ1) is 12.0. The van der Waals surface area contributed by atoms with E-state index < -0.39 is 0 Å². The predicted molar refractivity (Wildman–Crippen MR) is 101 cm³/mol. The Bertz CT molecular complexity index is 714. The van der Waals surface area contributed by atoms with Gasteiger partial charge >= 0.3 is 0 Å². The fourth-order valence-corrected chi connectivity index (χ4v) is 2.43. The summed E-state index contributed by atoms with van der Waals surface area (Å²) in [7, 11) is 0. The van der Waals surface area contributed by atoms with Crippen molar-refractivity contribution in [1.29, 1.82) is 0 Å². The van der Waals surface area contributed by atoms with E-state index in [0.717, 1.165) is 11.3 Å². The number of hydrogen-bond acceptors (Lipinski definition) is 3. The minimum atomic E-state index is -0.147. The van der Waals surface area contributed by atoms with Gasteiger partial charge in [0, 0.05) is 17.3 Å². The van der Waals surface area contributed by atoms with Crippen molar-refractivity contribution in [3.8, 4) is 0 Å². The summed E-state index contributed by atoms with van der Waals surface area (Å²) in [4.78, 5) is 24.1. The van der Waals surface area contributed by atoms with Gasteiger partial charge in [0.15, 0.2) is 0 Å². The van der Waals surface area contributed by atoms with Crippen LogP contribution < -0.4 is 16.0 Å². The van der Waals surface area contributed by atoms with Crippen LogP contribution >= 0.6 is 0 Å². The minimum absolute atomic E-state index is 0.0810. The molecule has 0 heterocycles. The maximum absolute atomic E-state index is 12.4. The van der Waals surface area contributed by atoms with E-state index in [0.29, 0.717) is 5.56 Å². The largest absolute Gasteiger partial charge is 0.376 e. The molecule has 0 saturated heterocycles. The van der Waals surface area contributed by atoms with Crippen molar-refractivity contribution < 1.29 is 9.59 Å². The van der Waals surface area contributed by atoms with Gasteiger partial charge in [0.2, 0.25) is 5.91 Å². The molecule has 2 aromatic rings. The van der Waals surface area contributed by atoms with Gasteiger partial charge in [-0.15, -0.1) is 0 Å². The molecule has 5 heteroatoms. The van der Waals surface area contributed by atoms with Crippen molar-refractivity contribution in [2.75, 3.05) is 11.9 Å². The van der Waals surface area contributed by atoms with Gasteiger partial charge in [0.1, 0.15) is 0 Å². The first kappa shape index (κ1) is 18.5. The monoisotopic (exact) mass is 339 g/mol. The molecule has 132 valence electrons. The Morgan fingerprint density at radius 1 is 0.920 bits per heavy atom. The second-order valence-corrected chi connectivity index (χ2v) is 6.26. The molecule has 2 rings (SSSR count). The number of benzene rings is 2. The molecule has 0 saturated carbocycles. The number of hydrogen-bond donors (Lipinski definition) is 3. The van der Waals surface area contributed by atoms with E-state index in [2.05, 4.69) is 16.0 Å². The van der Waals surface area contributed by atoms with Gasteiger partial charge in [-0.1, -0.05) is 36.4 Å². The zero-order chi connectivity index (χ0) is 18.2. The summed E-state index contributed by atoms with van der Waals surface area (Å²) in [6, 6.07) is 17.0. The number of carbonyl (C=O) groups is 2. The number of carbonyl (C=O) groups excluding carboxylic acids is 2. The van der Waals surface area contributed by atoms with Crippen LogP contribution in [0.25, 0.3) is 0 Å². The van der Waals surface area contributed by atoms with Crippen LogP contribution in [0.1, 0.15) is 42.7 Å². The number of amides is 2. The lowest BCUT2D eigenvalue weighted by Crippen LogP contribution is -2.34. The molecule has 0 aromatic heterocycles. The van der Waals surface area contributed by atoms with E-state index in [1.807, 2.05) is 57.2 Å². The standard InChI is InChI=1S/C20H25N3O2/c1-14(2)22-19(24)13-21-18-11-7-10-17(12-18)20(25)23-15(3)16-8-5-4-6-9-16/h4-12,14-15,21H,13H2,1-3H3,(H,22,24)(H,23,25). The Labute approximate surface area is 148 Å². The van der Waals surface area contributed by atoms with Gasteiger partial charge in [-0.25, -0.2) is 0 Å². The van der Waals surface area contributed by atoms with E-state index >= 15 is 0 Å². The zero-order valence-electron chi connectivity index (χ0n) is 14.9. The fraction of sp³-hybridized carbons (Fsp3) is 0.300. The quantitative estimate of drug-likeness (QED) is 0.726. The molecule has 0 aliphatic carbocycles. The maximum Gasteiger partial charge on any atom is 0.251 e. The highest BCUT2D eigenvalue weighted by molar-refractivity contribution is 5.95. The summed E-state index contributed by atoms with van der Waals surface area (Å²) >= 11 is 0. The summed E-state index contributed by atoms with van der Waals surface area (Å²) in [6.45, 7) is 5.95. The van der Waals surface area contributed by atoms with Crippen LogP contribution in [0, 0.1) is 0 Å². The van der Waals surface area contributed by atoms with E-state index in [1.54, 1.807) is 18.2 Å². The Kier molecular flexibility index (Phi) is 6.57. The third-order valence-corrected chi connectivity index (χ3v) is 3.67. The van der Waals surface area contributed by atoms with Crippen molar-refractivity contribution in [3.63, 3.8) is 0 Å². The molecule has 0 aliphatic rings. The molecule has 1 atom stereocenters. The van der Waals surface area contributed by atoms with Crippen molar-refractivity contribution in [1.82, 2.24) is 10.6 Å². The van der Waals surface area contributed by atoms with Gasteiger partial charge in [-0.2, -0.15) is 0 Å². The summed E-state index contributed by atoms with van der Waals surface area (Å²) in [5.74, 6) is -0.228. The topological polar surface area (TPSA) is 70.2 Å². The second-order valence-electron chi connectivity index (χ2n) is 6.26. The molecule has 0 aliphatic heterocycles. The van der Waals surface area contributed by atoms with Crippen molar-refractivity contribution >= 4 is 17.5 Å². The predicted octanol–water partition coefficient (Wildman–Crippen LogP) is 3.11. The van der Waals surface area contributed by atoms with Gasteiger partial charge in [-0.05, 0) is 44.5 Å². The lowest BCUT2D eigenvalue weighted by Gasteiger charge is -2.15. The highest BCUT2D eigenvalue weighted by Crippen LogP contribution is 2.14. The van der Waals surface area contributed by atoms with E-state index in [1.165, 1.54) is 0 Å². The molecule has 25 heavy (non-hydrogen) atoms. The Balaban J connectivity index is 1.95. The highest BCUT2D eigenvalue weighted by Gasteiger charge is 2.12. The molecular weight excluding hydrogens is 314 g/mol. The number of nitrogens with one attached hydrogen (secondary N) is 3. The third kappa shape index (κ3) is 5.95. The Morgan fingerprint density at radius 2 is 1.64 bits per heavy atom. The summed E-state index contributed by atoms with van der Waals surface area (Å²) in [5.41, 5.74) is 2.34. The molecule has 0 radical (unpaired) electrons. The zero-order valence-corrected chi connectivity index (χ0v) is 14.9. The average Bonchev–Trinajstić information content (AvgIpc) is 2.60. The van der Waals surface area contributed by atoms with Crippen LogP contribution in [0.15, 0.2) is 54.6 Å². The molecular formula is C20H25N3O2. The van der Waals surface area contributed by atoms with Crippen molar-refractivity contribution in [2.45, 2.75) is 32.9 Å². The molecule has 1 unspecified atom stereocenters. The molecule has 0 fully saturated rings. The smallest absolute Gasteiger partial charge is 0.251 e. The molecule has 2 aromatic carbocycles. The van der Waals surface area contributed by atoms with Gasteiger partial charge in [-0.3, -0.25) is 9.59 Å². The van der Waals surface area contributed by atoms with Gasteiger partial charge in [0.25, 0.3) is 5.91 Å². The van der Waals surface area contributed by atoms with Gasteiger partial charge < -0.3 is 16.0 Å². The van der Waals surface area contributed by atoms with Crippen LogP contribution in [0.4, 0.5) is 5.69 Å². The highest BCUT2D eigenvalue weighted by atomic mass is 16.2. The molecule has 5 nitrogen and oxygen atoms in total. The first-order valence-electron chi connectivity index (χ1n) is 8.45. The lowest BCUT2D eigenvalue weighted by atomic mass is 10.1. The number of rotatable bonds is 7. The summed E-state index contributed by atoms with van der Waals surface area (Å²) in [5, 5.41) is 8.84. The summed E-state index contributed by atoms with van der Waals surface area (Å²) in [6.07, 6.45) is 0. The summed E-state index contributed by atoms with van der Waals surface area (Å²) < 4.78 is 0. The van der Waals surface area contributed by atoms with E-state index in [9.17, 15) is 9.59 Å². The fourth-order valence-electron chi connectivity index (χ4n) is 2.43. The van der Waals surface area contributed by atoms with E-state index in [4.69, 9.17) is 0 Å². The maximum atomic E-state index is 12.4. The van der Waals surface area contributed by atoms with Crippen LogP contribution in [0.3, 0.4) is 0 Å². The van der Waals surface area contributed by atoms with Crippen LogP contribution in [0.2, 0.25) is 0 Å². The first-order valence-corrected chi connectivity index (χ1v) is 8.45. The third-order valence-electron chi connectivity index (χ3n) is 3.67. The average molecular weight is 339 g/mol. The lowest BCUT2D eigenvalue weighted by molar-refractivity contribution is -0.119. The molecule has 0 spiro atoms. The van der Waals surface area contributed by atoms with Crippen molar-refractivity contribution in [2.24, 2.45) is 0 Å². The Morgan fingerprint density at radius 3 is 2.32 bits per heavy atom. The molecule has 3 N–H and O–H groups in total. The Hall–Kier alpha value is -2.82. The molecule has 2 amide bonds. The van der Waals surface area contributed by atoms with Crippen LogP contribution in [-0.4, -0.2) is 24.4 Å². The second kappa shape index (κ2) is 8.87. The minimum Gasteiger partial charge on any atom is -0.376 e. The van der Waals surface area contributed by atoms with E-state index in [-0.39, 0.29) is 30.4 Å². The SMILES string of the molecule is CC(C)NC(=O)CNc1cccc(C(=O)NC(C)c2ccccc2)c1. The normalized spacial score (nSPS) is 11.7. The number of anilines is 1. The van der Waals surface area contributed by atoms with Gasteiger partial charge in [0.05, 0.1) is 12.6 Å². The van der Waals surface area contributed by atoms with Crippen LogP contribution in [0.5, 0.6) is 0 Å². The van der Waals surface area contributed by atoms with Crippen molar-refractivity contribution in [3.05, 3.63) is 65.7 Å². The molecule has 0 bridgehead atoms. The van der Waals surface area contributed by atoms with Crippen LogP contribution in [-0.2, 0) is 4.79 Å².